The fourth-order valence-corrected chi connectivity index (χ4v) is 17.0. The first-order valence-corrected chi connectivity index (χ1v) is 28.3. The van der Waals surface area contributed by atoms with Crippen LogP contribution in [0, 0.1) is 6.92 Å². The smallest absolute Gasteiger partial charge is 0.117 e. The van der Waals surface area contributed by atoms with E-state index >= 15 is 0 Å². The maximum absolute atomic E-state index is 2.53. The number of rotatable bonds is 4. The normalized spacial score (nSPS) is 14.6. The van der Waals surface area contributed by atoms with Gasteiger partial charge in [-0.2, -0.15) is 0 Å². The third-order valence-electron chi connectivity index (χ3n) is 14.3. The van der Waals surface area contributed by atoms with E-state index in [1.807, 2.05) is 0 Å². The highest BCUT2D eigenvalue weighted by Crippen LogP contribution is 2.49. The van der Waals surface area contributed by atoms with Crippen molar-refractivity contribution < 1.29 is 0 Å². The number of benzene rings is 10. The summed E-state index contributed by atoms with van der Waals surface area (Å²) in [7, 11) is -3.92. The summed E-state index contributed by atoms with van der Waals surface area (Å²) in [6, 6.07) is 76.0. The molecule has 302 valence electrons. The molecule has 0 N–H and O–H groups in total. The van der Waals surface area contributed by atoms with Crippen LogP contribution in [0.3, 0.4) is 0 Å². The van der Waals surface area contributed by atoms with Crippen molar-refractivity contribution in [2.75, 3.05) is 9.80 Å². The van der Waals surface area contributed by atoms with Crippen LogP contribution in [0.15, 0.2) is 200 Å². The van der Waals surface area contributed by atoms with Crippen LogP contribution in [0.2, 0.25) is 26.2 Å². The Morgan fingerprint density at radius 3 is 1.16 bits per heavy atom. The van der Waals surface area contributed by atoms with Crippen molar-refractivity contribution in [3.05, 3.63) is 206 Å². The Hall–Kier alpha value is -6.99. The summed E-state index contributed by atoms with van der Waals surface area (Å²) in [5.74, 6) is 0. The van der Waals surface area contributed by atoms with Crippen molar-refractivity contribution >= 4 is 103 Å². The highest BCUT2D eigenvalue weighted by molar-refractivity contribution is 7.03. The van der Waals surface area contributed by atoms with Gasteiger partial charge >= 0.3 is 0 Å². The van der Waals surface area contributed by atoms with E-state index in [4.69, 9.17) is 0 Å². The van der Waals surface area contributed by atoms with E-state index in [-0.39, 0.29) is 0 Å². The van der Waals surface area contributed by atoms with Gasteiger partial charge in [-0.1, -0.05) is 177 Å². The van der Waals surface area contributed by atoms with Crippen molar-refractivity contribution in [2.45, 2.75) is 33.1 Å². The lowest BCUT2D eigenvalue weighted by molar-refractivity contribution is 1.29. The summed E-state index contributed by atoms with van der Waals surface area (Å²) in [5.41, 5.74) is 13.7. The highest BCUT2D eigenvalue weighted by atomic mass is 28.3. The second-order valence-corrected chi connectivity index (χ2v) is 27.3. The van der Waals surface area contributed by atoms with E-state index in [1.54, 1.807) is 0 Å². The van der Waals surface area contributed by atoms with Gasteiger partial charge in [-0.25, -0.2) is 0 Å². The number of hydrogen-bond acceptors (Lipinski definition) is 2. The topological polar surface area (TPSA) is 6.48 Å². The minimum Gasteiger partial charge on any atom is -0.311 e. The Balaban J connectivity index is 1.19. The molecule has 12 rings (SSSR count). The molecule has 63 heavy (non-hydrogen) atoms. The van der Waals surface area contributed by atoms with Crippen LogP contribution in [0.25, 0.3) is 54.6 Å². The lowest BCUT2D eigenvalue weighted by Gasteiger charge is -2.41. The Morgan fingerprint density at radius 1 is 0.317 bits per heavy atom. The molecule has 0 spiro atoms. The molecule has 4 heteroatoms. The van der Waals surface area contributed by atoms with E-state index in [0.717, 1.165) is 0 Å². The molecule has 0 saturated carbocycles. The molecule has 0 bridgehead atoms. The number of aryl methyl sites for hydroxylation is 1. The van der Waals surface area contributed by atoms with E-state index in [0.29, 0.717) is 0 Å². The predicted molar refractivity (Wildman–Crippen MR) is 277 cm³/mol. The molecule has 0 aromatic heterocycles. The Morgan fingerprint density at radius 2 is 0.698 bits per heavy atom. The largest absolute Gasteiger partial charge is 0.311 e. The van der Waals surface area contributed by atoms with Crippen LogP contribution >= 0.6 is 0 Å². The van der Waals surface area contributed by atoms with Gasteiger partial charge in [-0.3, -0.25) is 0 Å². The molecule has 10 aromatic carbocycles. The lowest BCUT2D eigenvalue weighted by Crippen LogP contribution is -2.58. The Kier molecular flexibility index (Phi) is 8.40. The third-order valence-corrected chi connectivity index (χ3v) is 21.3. The van der Waals surface area contributed by atoms with E-state index in [2.05, 4.69) is 243 Å². The standard InChI is InChI=1S/C59H48N2Si2/c1-39-26-28-41(29-27-39)58-46-34-32-45(61-52-20-10-14-24-56(52)63(4,5)57-25-15-11-21-53(57)61)38-49(46)59(43-31-30-40-16-6-7-17-42(40)36-43)47-35-33-44(37-48(47)58)60-50-18-8-12-22-54(50)62(2,3)55-23-13-9-19-51(55)60/h6-38H,1-5H3. The first-order chi connectivity index (χ1) is 30.7. The molecule has 0 radical (unpaired) electrons. The third kappa shape index (κ3) is 5.68. The minimum absolute atomic E-state index is 1.17. The molecule has 2 nitrogen and oxygen atoms in total. The number of anilines is 6. The van der Waals surface area contributed by atoms with Gasteiger partial charge < -0.3 is 9.80 Å². The predicted octanol–water partition coefficient (Wildman–Crippen LogP) is 14.0. The molecule has 0 aliphatic carbocycles. The van der Waals surface area contributed by atoms with E-state index in [1.165, 1.54) is 115 Å². The van der Waals surface area contributed by atoms with Crippen LogP contribution in [0.5, 0.6) is 0 Å². The van der Waals surface area contributed by atoms with E-state index in [9.17, 15) is 0 Å². The molecule has 10 aromatic rings. The number of hydrogen-bond donors (Lipinski definition) is 0. The van der Waals surface area contributed by atoms with Gasteiger partial charge in [0.2, 0.25) is 0 Å². The number of fused-ring (bicyclic) bond motifs is 7. The maximum atomic E-state index is 2.53. The second-order valence-electron chi connectivity index (χ2n) is 18.6. The van der Waals surface area contributed by atoms with Crippen molar-refractivity contribution in [2.24, 2.45) is 0 Å². The van der Waals surface area contributed by atoms with Crippen LogP contribution in [0.4, 0.5) is 34.1 Å². The fraction of sp³-hybridized carbons (Fsp3) is 0.0847. The average Bonchev–Trinajstić information content (AvgIpc) is 3.31. The summed E-state index contributed by atoms with van der Waals surface area (Å²) in [6.07, 6.45) is 0. The van der Waals surface area contributed by atoms with E-state index < -0.39 is 16.1 Å². The van der Waals surface area contributed by atoms with Crippen molar-refractivity contribution in [1.82, 2.24) is 0 Å². The Labute approximate surface area is 372 Å². The first kappa shape index (κ1) is 37.7. The molecule has 0 saturated heterocycles. The molecule has 0 amide bonds. The second kappa shape index (κ2) is 14.0. The molecular weight excluding hydrogens is 793 g/mol. The zero-order chi connectivity index (χ0) is 42.6. The van der Waals surface area contributed by atoms with Crippen molar-refractivity contribution in [3.63, 3.8) is 0 Å². The summed E-state index contributed by atoms with van der Waals surface area (Å²) < 4.78 is 0. The molecule has 0 fully saturated rings. The van der Waals surface area contributed by atoms with Gasteiger partial charge in [0.15, 0.2) is 0 Å². The molecule has 2 aliphatic heterocycles. The lowest BCUT2D eigenvalue weighted by atomic mass is 9.84. The van der Waals surface area contributed by atoms with Crippen LogP contribution in [-0.2, 0) is 0 Å². The minimum atomic E-state index is -1.96. The van der Waals surface area contributed by atoms with Crippen LogP contribution in [-0.4, -0.2) is 16.1 Å². The number of nitrogens with zero attached hydrogens (tertiary/aromatic N) is 2. The zero-order valence-electron chi connectivity index (χ0n) is 36.4. The summed E-state index contributed by atoms with van der Waals surface area (Å²) in [4.78, 5) is 5.06. The van der Waals surface area contributed by atoms with Gasteiger partial charge in [-0.15, -0.1) is 0 Å². The average molecular weight is 841 g/mol. The fourth-order valence-electron chi connectivity index (χ4n) is 11.1. The molecule has 0 unspecified atom stereocenters. The first-order valence-electron chi connectivity index (χ1n) is 22.3. The molecule has 0 atom stereocenters. The molecule has 2 heterocycles. The van der Waals surface area contributed by atoms with Crippen molar-refractivity contribution in [3.8, 4) is 22.3 Å². The van der Waals surface area contributed by atoms with Gasteiger partial charge in [-0.05, 0) is 137 Å². The van der Waals surface area contributed by atoms with Gasteiger partial charge in [0.25, 0.3) is 0 Å². The molecular formula is C59H48N2Si2. The zero-order valence-corrected chi connectivity index (χ0v) is 38.4. The summed E-state index contributed by atoms with van der Waals surface area (Å²) in [6.45, 7) is 12.2. The van der Waals surface area contributed by atoms with Crippen LogP contribution < -0.4 is 30.5 Å². The quantitative estimate of drug-likeness (QED) is 0.129. The maximum Gasteiger partial charge on any atom is 0.117 e. The summed E-state index contributed by atoms with van der Waals surface area (Å²) in [5, 5.41) is 13.4. The SMILES string of the molecule is Cc1ccc(-c2c3ccc(N4c5ccccc5[Si](C)(C)c5ccccc54)cc3c(-c3ccc4ccccc4c3)c3ccc(N4c5ccccc5[Si](C)(C)c5ccccc54)cc23)cc1. The van der Waals surface area contributed by atoms with Crippen LogP contribution in [0.1, 0.15) is 5.56 Å². The van der Waals surface area contributed by atoms with Gasteiger partial charge in [0.05, 0.1) is 0 Å². The number of para-hydroxylation sites is 4. The summed E-state index contributed by atoms with van der Waals surface area (Å²) >= 11 is 0. The highest BCUT2D eigenvalue weighted by Gasteiger charge is 2.40. The molecule has 2 aliphatic rings. The van der Waals surface area contributed by atoms with Gasteiger partial charge in [0, 0.05) is 34.1 Å². The monoisotopic (exact) mass is 840 g/mol. The Bertz CT molecular complexity index is 3390. The van der Waals surface area contributed by atoms with Gasteiger partial charge in [0.1, 0.15) is 16.1 Å². The van der Waals surface area contributed by atoms with Crippen molar-refractivity contribution in [1.29, 1.82) is 0 Å².